The zero-order valence-corrected chi connectivity index (χ0v) is 10.1. The molecule has 0 heterocycles. The fourth-order valence-corrected chi connectivity index (χ4v) is 1.14. The van der Waals surface area contributed by atoms with Crippen LogP contribution in [0.2, 0.25) is 0 Å². The van der Waals surface area contributed by atoms with Gasteiger partial charge in [0.15, 0.2) is 0 Å². The summed E-state index contributed by atoms with van der Waals surface area (Å²) in [7, 11) is 1.28. The van der Waals surface area contributed by atoms with Gasteiger partial charge in [0.05, 0.1) is 25.7 Å². The van der Waals surface area contributed by atoms with Crippen LogP contribution in [0.1, 0.15) is 39.5 Å². The monoisotopic (exact) mass is 232 g/mol. The average Bonchev–Trinajstić information content (AvgIpc) is 2.22. The summed E-state index contributed by atoms with van der Waals surface area (Å²) < 4.78 is 9.29. The fourth-order valence-electron chi connectivity index (χ4n) is 1.14. The van der Waals surface area contributed by atoms with Gasteiger partial charge in [0.25, 0.3) is 0 Å². The standard InChI is InChI=1S/C11H20O5/c1-4-7-16-10(13)8-11(2,14)6-5-9(12)15-3/h14H,4-8H2,1-3H3. The second-order valence-corrected chi connectivity index (χ2v) is 3.97. The summed E-state index contributed by atoms with van der Waals surface area (Å²) in [6.45, 7) is 3.75. The molecule has 0 saturated heterocycles. The number of hydrogen-bond donors (Lipinski definition) is 1. The van der Waals surface area contributed by atoms with Crippen LogP contribution in [0.3, 0.4) is 0 Å². The summed E-state index contributed by atoms with van der Waals surface area (Å²) >= 11 is 0. The van der Waals surface area contributed by atoms with Crippen molar-refractivity contribution in [3.8, 4) is 0 Å². The van der Waals surface area contributed by atoms with Crippen LogP contribution in [0.4, 0.5) is 0 Å². The number of carbonyl (C=O) groups excluding carboxylic acids is 2. The quantitative estimate of drug-likeness (QED) is 0.664. The molecular weight excluding hydrogens is 212 g/mol. The van der Waals surface area contributed by atoms with E-state index < -0.39 is 17.5 Å². The van der Waals surface area contributed by atoms with Crippen LogP contribution in [-0.4, -0.2) is 36.4 Å². The van der Waals surface area contributed by atoms with Gasteiger partial charge >= 0.3 is 11.9 Å². The lowest BCUT2D eigenvalue weighted by Gasteiger charge is -2.21. The number of rotatable bonds is 7. The SMILES string of the molecule is CCCOC(=O)CC(C)(O)CCC(=O)OC. The van der Waals surface area contributed by atoms with E-state index in [-0.39, 0.29) is 19.3 Å². The van der Waals surface area contributed by atoms with Gasteiger partial charge in [-0.15, -0.1) is 0 Å². The summed E-state index contributed by atoms with van der Waals surface area (Å²) in [6, 6.07) is 0. The van der Waals surface area contributed by atoms with E-state index in [4.69, 9.17) is 4.74 Å². The Kier molecular flexibility index (Phi) is 6.72. The van der Waals surface area contributed by atoms with E-state index in [2.05, 4.69) is 4.74 Å². The van der Waals surface area contributed by atoms with E-state index in [1.165, 1.54) is 14.0 Å². The molecule has 0 aromatic rings. The first-order valence-corrected chi connectivity index (χ1v) is 5.36. The van der Waals surface area contributed by atoms with Crippen molar-refractivity contribution in [2.45, 2.75) is 45.1 Å². The number of aliphatic hydroxyl groups is 1. The van der Waals surface area contributed by atoms with Crippen LogP contribution >= 0.6 is 0 Å². The van der Waals surface area contributed by atoms with Crippen molar-refractivity contribution >= 4 is 11.9 Å². The molecular formula is C11H20O5. The van der Waals surface area contributed by atoms with Crippen LogP contribution in [0.15, 0.2) is 0 Å². The highest BCUT2D eigenvalue weighted by atomic mass is 16.5. The van der Waals surface area contributed by atoms with Gasteiger partial charge in [-0.1, -0.05) is 6.92 Å². The Morgan fingerprint density at radius 2 is 1.94 bits per heavy atom. The third kappa shape index (κ3) is 7.23. The smallest absolute Gasteiger partial charge is 0.308 e. The molecule has 5 heteroatoms. The maximum absolute atomic E-state index is 11.2. The largest absolute Gasteiger partial charge is 0.469 e. The molecule has 0 aliphatic heterocycles. The second kappa shape index (κ2) is 7.22. The summed E-state index contributed by atoms with van der Waals surface area (Å²) in [5.41, 5.74) is -1.22. The Hall–Kier alpha value is -1.10. The molecule has 94 valence electrons. The first-order valence-electron chi connectivity index (χ1n) is 5.36. The van der Waals surface area contributed by atoms with Crippen LogP contribution in [0.25, 0.3) is 0 Å². The van der Waals surface area contributed by atoms with E-state index in [0.717, 1.165) is 6.42 Å². The van der Waals surface area contributed by atoms with E-state index in [9.17, 15) is 14.7 Å². The summed E-state index contributed by atoms with van der Waals surface area (Å²) in [6.07, 6.45) is 0.908. The van der Waals surface area contributed by atoms with E-state index in [1.807, 2.05) is 6.92 Å². The molecule has 5 nitrogen and oxygen atoms in total. The molecule has 0 aromatic heterocycles. The molecule has 0 amide bonds. The van der Waals surface area contributed by atoms with Gasteiger partial charge in [-0.25, -0.2) is 0 Å². The van der Waals surface area contributed by atoms with Crippen LogP contribution in [0, 0.1) is 0 Å². The Bertz CT molecular complexity index is 235. The van der Waals surface area contributed by atoms with Crippen LogP contribution in [0.5, 0.6) is 0 Å². The first kappa shape index (κ1) is 14.9. The topological polar surface area (TPSA) is 72.8 Å². The lowest BCUT2D eigenvalue weighted by molar-refractivity contribution is -0.150. The number of hydrogen-bond acceptors (Lipinski definition) is 5. The normalized spacial score (nSPS) is 14.0. The average molecular weight is 232 g/mol. The zero-order valence-electron chi connectivity index (χ0n) is 10.1. The van der Waals surface area contributed by atoms with E-state index in [0.29, 0.717) is 6.61 Å². The van der Waals surface area contributed by atoms with Crippen LogP contribution < -0.4 is 0 Å². The fraction of sp³-hybridized carbons (Fsp3) is 0.818. The molecule has 1 atom stereocenters. The first-order chi connectivity index (χ1) is 7.41. The molecule has 0 bridgehead atoms. The minimum absolute atomic E-state index is 0.0879. The highest BCUT2D eigenvalue weighted by molar-refractivity contribution is 5.71. The van der Waals surface area contributed by atoms with Crippen molar-refractivity contribution in [2.24, 2.45) is 0 Å². The molecule has 16 heavy (non-hydrogen) atoms. The van der Waals surface area contributed by atoms with Gasteiger partial charge in [0.1, 0.15) is 0 Å². The van der Waals surface area contributed by atoms with Gasteiger partial charge in [-0.2, -0.15) is 0 Å². The minimum Gasteiger partial charge on any atom is -0.469 e. The molecule has 0 saturated carbocycles. The third-order valence-electron chi connectivity index (χ3n) is 2.09. The summed E-state index contributed by atoms with van der Waals surface area (Å²) in [5.74, 6) is -0.848. The maximum atomic E-state index is 11.2. The van der Waals surface area contributed by atoms with Gasteiger partial charge in [-0.05, 0) is 19.8 Å². The van der Waals surface area contributed by atoms with Gasteiger partial charge < -0.3 is 14.6 Å². The van der Waals surface area contributed by atoms with Gasteiger partial charge in [0.2, 0.25) is 0 Å². The highest BCUT2D eigenvalue weighted by Gasteiger charge is 2.26. The predicted molar refractivity (Wildman–Crippen MR) is 57.7 cm³/mol. The molecule has 1 N–H and O–H groups in total. The Morgan fingerprint density at radius 1 is 1.31 bits per heavy atom. The van der Waals surface area contributed by atoms with Crippen molar-refractivity contribution in [1.29, 1.82) is 0 Å². The molecule has 0 rings (SSSR count). The van der Waals surface area contributed by atoms with Crippen molar-refractivity contribution in [2.75, 3.05) is 13.7 Å². The molecule has 0 radical (unpaired) electrons. The number of methoxy groups -OCH3 is 1. The van der Waals surface area contributed by atoms with Crippen molar-refractivity contribution < 1.29 is 24.2 Å². The van der Waals surface area contributed by atoms with Gasteiger partial charge in [-0.3, -0.25) is 9.59 Å². The van der Waals surface area contributed by atoms with E-state index in [1.54, 1.807) is 0 Å². The lowest BCUT2D eigenvalue weighted by Crippen LogP contribution is -2.29. The number of ether oxygens (including phenoxy) is 2. The minimum atomic E-state index is -1.22. The Labute approximate surface area is 95.7 Å². The van der Waals surface area contributed by atoms with E-state index >= 15 is 0 Å². The third-order valence-corrected chi connectivity index (χ3v) is 2.09. The lowest BCUT2D eigenvalue weighted by atomic mass is 9.96. The second-order valence-electron chi connectivity index (χ2n) is 3.97. The zero-order chi connectivity index (χ0) is 12.6. The van der Waals surface area contributed by atoms with Gasteiger partial charge in [0, 0.05) is 6.42 Å². The predicted octanol–water partition coefficient (Wildman–Crippen LogP) is 1.03. The van der Waals surface area contributed by atoms with Crippen molar-refractivity contribution in [3.05, 3.63) is 0 Å². The number of carbonyl (C=O) groups is 2. The summed E-state index contributed by atoms with van der Waals surface area (Å²) in [5, 5.41) is 9.82. The highest BCUT2D eigenvalue weighted by Crippen LogP contribution is 2.17. The van der Waals surface area contributed by atoms with Crippen molar-refractivity contribution in [3.63, 3.8) is 0 Å². The summed E-state index contributed by atoms with van der Waals surface area (Å²) in [4.78, 5) is 22.1. The molecule has 1 unspecified atom stereocenters. The Morgan fingerprint density at radius 3 is 2.44 bits per heavy atom. The number of esters is 2. The molecule has 0 aromatic carbocycles. The molecule has 0 spiro atoms. The molecule has 0 aliphatic carbocycles. The van der Waals surface area contributed by atoms with Crippen LogP contribution in [-0.2, 0) is 19.1 Å². The molecule has 0 aliphatic rings. The Balaban J connectivity index is 3.93. The maximum Gasteiger partial charge on any atom is 0.308 e. The van der Waals surface area contributed by atoms with Crippen molar-refractivity contribution in [1.82, 2.24) is 0 Å². The molecule has 0 fully saturated rings.